The number of aromatic nitrogens is 1. The SMILES string of the molecule is Cn1ccc(=O)c(OCc2ccccc2)c1C(=O)N1CCC2(CNC(=O)CO2)C1. The molecule has 1 atom stereocenters. The van der Waals surface area contributed by atoms with Gasteiger partial charge in [-0.05, 0) is 12.0 Å². The van der Waals surface area contributed by atoms with Gasteiger partial charge in [0.1, 0.15) is 18.8 Å². The van der Waals surface area contributed by atoms with E-state index in [1.807, 2.05) is 30.3 Å². The Balaban J connectivity index is 1.56. The van der Waals surface area contributed by atoms with Crippen LogP contribution in [0.25, 0.3) is 0 Å². The zero-order valence-corrected chi connectivity index (χ0v) is 16.2. The van der Waals surface area contributed by atoms with E-state index in [0.29, 0.717) is 26.1 Å². The van der Waals surface area contributed by atoms with Crippen LogP contribution in [-0.2, 0) is 23.2 Å². The lowest BCUT2D eigenvalue weighted by Crippen LogP contribution is -2.54. The smallest absolute Gasteiger partial charge is 0.274 e. The topological polar surface area (TPSA) is 89.9 Å². The Labute approximate surface area is 168 Å². The summed E-state index contributed by atoms with van der Waals surface area (Å²) in [6.07, 6.45) is 2.19. The number of hydrogen-bond acceptors (Lipinski definition) is 5. The molecule has 4 rings (SSSR count). The highest BCUT2D eigenvalue weighted by atomic mass is 16.5. The molecular formula is C21H23N3O5. The first-order valence-electron chi connectivity index (χ1n) is 9.54. The summed E-state index contributed by atoms with van der Waals surface area (Å²) in [5, 5.41) is 2.80. The fourth-order valence-electron chi connectivity index (χ4n) is 3.73. The van der Waals surface area contributed by atoms with Crippen molar-refractivity contribution < 1.29 is 19.1 Å². The van der Waals surface area contributed by atoms with Gasteiger partial charge in [-0.25, -0.2) is 0 Å². The molecule has 2 aromatic rings. The van der Waals surface area contributed by atoms with E-state index in [-0.39, 0.29) is 41.9 Å². The van der Waals surface area contributed by atoms with Crippen molar-refractivity contribution in [1.82, 2.24) is 14.8 Å². The van der Waals surface area contributed by atoms with Gasteiger partial charge in [0.15, 0.2) is 11.4 Å². The Hall–Kier alpha value is -3.13. The zero-order valence-electron chi connectivity index (χ0n) is 16.2. The molecule has 0 saturated carbocycles. The first-order valence-corrected chi connectivity index (χ1v) is 9.54. The second-order valence-corrected chi connectivity index (χ2v) is 7.47. The predicted octanol–water partition coefficient (Wildman–Crippen LogP) is 0.695. The number of hydrogen-bond donors (Lipinski definition) is 1. The van der Waals surface area contributed by atoms with Crippen molar-refractivity contribution in [3.05, 3.63) is 64.1 Å². The van der Waals surface area contributed by atoms with Gasteiger partial charge < -0.3 is 24.3 Å². The Kier molecular flexibility index (Phi) is 5.10. The summed E-state index contributed by atoms with van der Waals surface area (Å²) in [5.74, 6) is -0.393. The van der Waals surface area contributed by atoms with Crippen LogP contribution in [-0.4, -0.2) is 53.1 Å². The van der Waals surface area contributed by atoms with E-state index in [2.05, 4.69) is 5.32 Å². The van der Waals surface area contributed by atoms with E-state index in [4.69, 9.17) is 9.47 Å². The molecule has 2 fully saturated rings. The van der Waals surface area contributed by atoms with Gasteiger partial charge in [0.05, 0.1) is 6.54 Å². The molecular weight excluding hydrogens is 374 g/mol. The van der Waals surface area contributed by atoms with Crippen LogP contribution in [0.4, 0.5) is 0 Å². The Morgan fingerprint density at radius 1 is 1.24 bits per heavy atom. The third kappa shape index (κ3) is 3.88. The number of morpholine rings is 1. The average Bonchev–Trinajstić information content (AvgIpc) is 3.15. The number of aryl methyl sites for hydroxylation is 1. The van der Waals surface area contributed by atoms with Crippen molar-refractivity contribution in [2.45, 2.75) is 18.6 Å². The molecule has 8 nitrogen and oxygen atoms in total. The number of benzene rings is 1. The van der Waals surface area contributed by atoms with E-state index in [1.165, 1.54) is 6.07 Å². The maximum atomic E-state index is 13.3. The van der Waals surface area contributed by atoms with Gasteiger partial charge in [-0.1, -0.05) is 30.3 Å². The maximum absolute atomic E-state index is 13.3. The summed E-state index contributed by atoms with van der Waals surface area (Å²) in [4.78, 5) is 38.8. The number of amides is 2. The number of carbonyl (C=O) groups excluding carboxylic acids is 2. The quantitative estimate of drug-likeness (QED) is 0.820. The number of likely N-dealkylation sites (tertiary alicyclic amines) is 1. The monoisotopic (exact) mass is 397 g/mol. The molecule has 2 aliphatic heterocycles. The number of ether oxygens (including phenoxy) is 2. The minimum Gasteiger partial charge on any atom is -0.483 e. The fourth-order valence-corrected chi connectivity index (χ4v) is 3.73. The van der Waals surface area contributed by atoms with Gasteiger partial charge >= 0.3 is 0 Å². The van der Waals surface area contributed by atoms with Gasteiger partial charge in [0, 0.05) is 32.4 Å². The van der Waals surface area contributed by atoms with E-state index in [9.17, 15) is 14.4 Å². The number of nitrogens with one attached hydrogen (secondary N) is 1. The molecule has 1 spiro atoms. The van der Waals surface area contributed by atoms with Crippen LogP contribution in [0.2, 0.25) is 0 Å². The molecule has 2 amide bonds. The van der Waals surface area contributed by atoms with Crippen LogP contribution < -0.4 is 15.5 Å². The van der Waals surface area contributed by atoms with Crippen molar-refractivity contribution in [2.24, 2.45) is 7.05 Å². The lowest BCUT2D eigenvalue weighted by atomic mass is 10.0. The minimum absolute atomic E-state index is 0.00269. The number of pyridine rings is 1. The molecule has 1 aromatic carbocycles. The standard InChI is InChI=1S/C21H23N3O5/c1-23-9-7-16(25)19(28-11-15-5-3-2-4-6-15)18(23)20(27)24-10-8-21(14-24)13-22-17(26)12-29-21/h2-7,9H,8,10-14H2,1H3,(H,22,26). The van der Waals surface area contributed by atoms with Gasteiger partial charge in [0.2, 0.25) is 11.3 Å². The molecule has 0 aliphatic carbocycles. The molecule has 3 heterocycles. The number of nitrogens with zero attached hydrogens (tertiary/aromatic N) is 2. The molecule has 29 heavy (non-hydrogen) atoms. The van der Waals surface area contributed by atoms with Crippen LogP contribution in [0.1, 0.15) is 22.5 Å². The first kappa shape index (κ1) is 19.2. The van der Waals surface area contributed by atoms with Crippen LogP contribution in [0.5, 0.6) is 5.75 Å². The van der Waals surface area contributed by atoms with Crippen LogP contribution >= 0.6 is 0 Å². The van der Waals surface area contributed by atoms with E-state index < -0.39 is 5.60 Å². The summed E-state index contributed by atoms with van der Waals surface area (Å²) in [7, 11) is 1.71. The lowest BCUT2D eigenvalue weighted by molar-refractivity contribution is -0.141. The zero-order chi connectivity index (χ0) is 20.4. The van der Waals surface area contributed by atoms with Crippen LogP contribution in [0.15, 0.2) is 47.4 Å². The Morgan fingerprint density at radius 3 is 2.76 bits per heavy atom. The number of rotatable bonds is 4. The normalized spacial score (nSPS) is 21.3. The first-order chi connectivity index (χ1) is 14.0. The molecule has 2 aliphatic rings. The summed E-state index contributed by atoms with van der Waals surface area (Å²) in [5.41, 5.74) is 0.216. The summed E-state index contributed by atoms with van der Waals surface area (Å²) < 4.78 is 13.1. The summed E-state index contributed by atoms with van der Waals surface area (Å²) in [6.45, 7) is 1.40. The third-order valence-corrected chi connectivity index (χ3v) is 5.39. The molecule has 1 aromatic heterocycles. The fraction of sp³-hybridized carbons (Fsp3) is 0.381. The van der Waals surface area contributed by atoms with Gasteiger partial charge in [-0.2, -0.15) is 0 Å². The highest BCUT2D eigenvalue weighted by Crippen LogP contribution is 2.29. The van der Waals surface area contributed by atoms with Crippen LogP contribution in [0.3, 0.4) is 0 Å². The van der Waals surface area contributed by atoms with E-state index in [0.717, 1.165) is 5.56 Å². The summed E-state index contributed by atoms with van der Waals surface area (Å²) >= 11 is 0. The van der Waals surface area contributed by atoms with Crippen molar-refractivity contribution in [3.63, 3.8) is 0 Å². The molecule has 1 N–H and O–H groups in total. The van der Waals surface area contributed by atoms with Crippen molar-refractivity contribution >= 4 is 11.8 Å². The van der Waals surface area contributed by atoms with E-state index in [1.54, 1.807) is 22.7 Å². The van der Waals surface area contributed by atoms with Gasteiger partial charge in [0.25, 0.3) is 5.91 Å². The van der Waals surface area contributed by atoms with Gasteiger partial charge in [-0.15, -0.1) is 0 Å². The van der Waals surface area contributed by atoms with E-state index >= 15 is 0 Å². The third-order valence-electron chi connectivity index (χ3n) is 5.39. The van der Waals surface area contributed by atoms with Crippen molar-refractivity contribution in [1.29, 1.82) is 0 Å². The highest BCUT2D eigenvalue weighted by molar-refractivity contribution is 5.95. The Morgan fingerprint density at radius 2 is 2.03 bits per heavy atom. The molecule has 8 heteroatoms. The molecule has 1 unspecified atom stereocenters. The maximum Gasteiger partial charge on any atom is 0.274 e. The van der Waals surface area contributed by atoms with Crippen LogP contribution in [0, 0.1) is 0 Å². The second kappa shape index (κ2) is 7.71. The second-order valence-electron chi connectivity index (χ2n) is 7.47. The lowest BCUT2D eigenvalue weighted by Gasteiger charge is -2.33. The molecule has 152 valence electrons. The summed E-state index contributed by atoms with van der Waals surface area (Å²) in [6, 6.07) is 10.9. The average molecular weight is 397 g/mol. The molecule has 0 bridgehead atoms. The Bertz CT molecular complexity index is 976. The minimum atomic E-state index is -0.567. The van der Waals surface area contributed by atoms with Crippen molar-refractivity contribution in [3.8, 4) is 5.75 Å². The molecule has 0 radical (unpaired) electrons. The number of carbonyl (C=O) groups is 2. The van der Waals surface area contributed by atoms with Gasteiger partial charge in [-0.3, -0.25) is 14.4 Å². The predicted molar refractivity (Wildman–Crippen MR) is 105 cm³/mol. The molecule has 2 saturated heterocycles. The largest absolute Gasteiger partial charge is 0.483 e. The highest BCUT2D eigenvalue weighted by Gasteiger charge is 2.44. The van der Waals surface area contributed by atoms with Crippen molar-refractivity contribution in [2.75, 3.05) is 26.2 Å².